The van der Waals surface area contributed by atoms with E-state index in [4.69, 9.17) is 4.74 Å². The maximum Gasteiger partial charge on any atom is 0.272 e. The van der Waals surface area contributed by atoms with E-state index in [0.29, 0.717) is 44.8 Å². The maximum absolute atomic E-state index is 13.3. The predicted octanol–water partition coefficient (Wildman–Crippen LogP) is 1.82. The lowest BCUT2D eigenvalue weighted by Crippen LogP contribution is -2.55. The van der Waals surface area contributed by atoms with Crippen LogP contribution >= 0.6 is 0 Å². The van der Waals surface area contributed by atoms with Gasteiger partial charge in [0, 0.05) is 31.4 Å². The topological polar surface area (TPSA) is 101 Å². The van der Waals surface area contributed by atoms with E-state index in [-0.39, 0.29) is 23.8 Å². The number of likely N-dealkylation sites (tertiary alicyclic amines) is 1. The number of hydrogen-bond acceptors (Lipinski definition) is 5. The zero-order chi connectivity index (χ0) is 22.4. The molecule has 2 saturated heterocycles. The van der Waals surface area contributed by atoms with Gasteiger partial charge < -0.3 is 20.3 Å². The van der Waals surface area contributed by atoms with Crippen LogP contribution in [-0.4, -0.2) is 66.0 Å². The molecular weight excluding hydrogens is 396 g/mol. The van der Waals surface area contributed by atoms with Gasteiger partial charge in [-0.25, -0.2) is 4.98 Å². The third-order valence-electron chi connectivity index (χ3n) is 6.29. The summed E-state index contributed by atoms with van der Waals surface area (Å²) in [5, 5.41) is 5.81. The Bertz CT molecular complexity index is 805. The highest BCUT2D eigenvalue weighted by molar-refractivity contribution is 5.93. The molecule has 1 aromatic rings. The Labute approximate surface area is 184 Å². The molecule has 2 aliphatic heterocycles. The number of aryl methyl sites for hydroxylation is 1. The predicted molar refractivity (Wildman–Crippen MR) is 116 cm³/mol. The van der Waals surface area contributed by atoms with E-state index in [2.05, 4.69) is 15.6 Å². The number of rotatable bonds is 1. The molecule has 0 radical (unpaired) electrons. The second kappa shape index (κ2) is 10.2. The smallest absolute Gasteiger partial charge is 0.272 e. The van der Waals surface area contributed by atoms with Gasteiger partial charge in [0.2, 0.25) is 11.8 Å². The molecule has 31 heavy (non-hydrogen) atoms. The highest BCUT2D eigenvalue weighted by Crippen LogP contribution is 2.37. The van der Waals surface area contributed by atoms with Crippen LogP contribution in [0.25, 0.3) is 0 Å². The van der Waals surface area contributed by atoms with Gasteiger partial charge in [0.15, 0.2) is 0 Å². The number of carbonyl (C=O) groups is 3. The summed E-state index contributed by atoms with van der Waals surface area (Å²) < 4.78 is 5.67. The van der Waals surface area contributed by atoms with Crippen LogP contribution < -0.4 is 10.6 Å². The lowest BCUT2D eigenvalue weighted by molar-refractivity contribution is -0.137. The summed E-state index contributed by atoms with van der Waals surface area (Å²) in [5.41, 5.74) is 0.662. The molecule has 170 valence electrons. The van der Waals surface area contributed by atoms with Gasteiger partial charge in [-0.3, -0.25) is 14.4 Å². The van der Waals surface area contributed by atoms with Gasteiger partial charge in [0.05, 0.1) is 12.0 Å². The Hall–Kier alpha value is -2.48. The Kier molecular flexibility index (Phi) is 7.64. The molecule has 2 fully saturated rings. The standard InChI is InChI=1S/C23H34N4O4/c1-16-7-6-8-19(24-16)21(29)27-12-10-23(11-13-27)9-4-5-14-31-15-17(2)25-20(28)18(3)26-22(23)30/h6-8,17-18H,4-5,9-15H2,1-3H3,(H,25,28)(H,26,30)/t17-,18-/m0/s1. The monoisotopic (exact) mass is 430 g/mol. The van der Waals surface area contributed by atoms with Crippen LogP contribution in [0.5, 0.6) is 0 Å². The van der Waals surface area contributed by atoms with Crippen molar-refractivity contribution >= 4 is 17.7 Å². The largest absolute Gasteiger partial charge is 0.379 e. The van der Waals surface area contributed by atoms with Gasteiger partial charge >= 0.3 is 0 Å². The van der Waals surface area contributed by atoms with E-state index in [0.717, 1.165) is 25.0 Å². The molecular formula is C23H34N4O4. The summed E-state index contributed by atoms with van der Waals surface area (Å²) in [7, 11) is 0. The second-order valence-corrected chi connectivity index (χ2v) is 8.87. The first kappa shape index (κ1) is 23.2. The van der Waals surface area contributed by atoms with E-state index < -0.39 is 11.5 Å². The van der Waals surface area contributed by atoms with Crippen molar-refractivity contribution in [1.82, 2.24) is 20.5 Å². The number of nitrogens with zero attached hydrogens (tertiary/aromatic N) is 2. The van der Waals surface area contributed by atoms with Crippen molar-refractivity contribution in [2.45, 2.75) is 65.0 Å². The van der Waals surface area contributed by atoms with E-state index in [1.165, 1.54) is 0 Å². The number of ether oxygens (including phenoxy) is 1. The summed E-state index contributed by atoms with van der Waals surface area (Å²) in [6.45, 7) is 7.52. The number of carbonyl (C=O) groups excluding carboxylic acids is 3. The lowest BCUT2D eigenvalue weighted by atomic mass is 9.73. The Morgan fingerprint density at radius 1 is 1.13 bits per heavy atom. The molecule has 3 amide bonds. The molecule has 8 heteroatoms. The normalized spacial score (nSPS) is 25.6. The number of pyridine rings is 1. The van der Waals surface area contributed by atoms with Crippen LogP contribution in [0.3, 0.4) is 0 Å². The van der Waals surface area contributed by atoms with Crippen molar-refractivity contribution < 1.29 is 19.1 Å². The average molecular weight is 431 g/mol. The molecule has 3 rings (SSSR count). The van der Waals surface area contributed by atoms with Crippen molar-refractivity contribution in [2.75, 3.05) is 26.3 Å². The number of hydrogen-bond donors (Lipinski definition) is 2. The molecule has 0 unspecified atom stereocenters. The first-order chi connectivity index (χ1) is 14.8. The van der Waals surface area contributed by atoms with Gasteiger partial charge in [-0.05, 0) is 58.6 Å². The van der Waals surface area contributed by atoms with Crippen molar-refractivity contribution in [3.63, 3.8) is 0 Å². The Morgan fingerprint density at radius 3 is 2.58 bits per heavy atom. The number of aromatic nitrogens is 1. The summed E-state index contributed by atoms with van der Waals surface area (Å²) in [6, 6.07) is 4.70. The molecule has 0 aliphatic carbocycles. The molecule has 3 heterocycles. The average Bonchev–Trinajstić information content (AvgIpc) is 2.76. The van der Waals surface area contributed by atoms with Crippen LogP contribution in [0, 0.1) is 12.3 Å². The molecule has 1 spiro atoms. The van der Waals surface area contributed by atoms with Crippen molar-refractivity contribution in [3.8, 4) is 0 Å². The molecule has 0 saturated carbocycles. The molecule has 2 aliphatic rings. The van der Waals surface area contributed by atoms with E-state index in [1.54, 1.807) is 17.9 Å². The molecule has 8 nitrogen and oxygen atoms in total. The lowest BCUT2D eigenvalue weighted by Gasteiger charge is -2.41. The van der Waals surface area contributed by atoms with Gasteiger partial charge in [-0.15, -0.1) is 0 Å². The first-order valence-electron chi connectivity index (χ1n) is 11.2. The fourth-order valence-corrected chi connectivity index (χ4v) is 4.31. The maximum atomic E-state index is 13.3. The van der Waals surface area contributed by atoms with Gasteiger partial charge in [0.1, 0.15) is 11.7 Å². The summed E-state index contributed by atoms with van der Waals surface area (Å²) in [4.78, 5) is 44.7. The van der Waals surface area contributed by atoms with Gasteiger partial charge in [-0.2, -0.15) is 0 Å². The first-order valence-corrected chi connectivity index (χ1v) is 11.2. The van der Waals surface area contributed by atoms with Crippen molar-refractivity contribution in [3.05, 3.63) is 29.6 Å². The minimum Gasteiger partial charge on any atom is -0.379 e. The van der Waals surface area contributed by atoms with Crippen LogP contribution in [0.15, 0.2) is 18.2 Å². The van der Waals surface area contributed by atoms with Gasteiger partial charge in [-0.1, -0.05) is 12.5 Å². The van der Waals surface area contributed by atoms with Crippen LogP contribution in [-0.2, 0) is 14.3 Å². The minimum absolute atomic E-state index is 0.0938. The number of amides is 3. The van der Waals surface area contributed by atoms with Crippen LogP contribution in [0.1, 0.15) is 62.1 Å². The molecule has 2 atom stereocenters. The van der Waals surface area contributed by atoms with Crippen LogP contribution in [0.2, 0.25) is 0 Å². The third kappa shape index (κ3) is 5.81. The number of nitrogens with one attached hydrogen (secondary N) is 2. The van der Waals surface area contributed by atoms with Gasteiger partial charge in [0.25, 0.3) is 5.91 Å². The van der Waals surface area contributed by atoms with Crippen LogP contribution in [0.4, 0.5) is 0 Å². The summed E-state index contributed by atoms with van der Waals surface area (Å²) in [6.07, 6.45) is 3.59. The van der Waals surface area contributed by atoms with E-state index in [9.17, 15) is 14.4 Å². The SMILES string of the molecule is Cc1cccc(C(=O)N2CCC3(CCCCOC[C@H](C)NC(=O)[C@H](C)NC3=O)CC2)n1. The Morgan fingerprint density at radius 2 is 1.87 bits per heavy atom. The molecule has 0 bridgehead atoms. The fraction of sp³-hybridized carbons (Fsp3) is 0.652. The zero-order valence-corrected chi connectivity index (χ0v) is 18.8. The molecule has 1 aromatic heterocycles. The molecule has 2 N–H and O–H groups in total. The summed E-state index contributed by atoms with van der Waals surface area (Å²) >= 11 is 0. The second-order valence-electron chi connectivity index (χ2n) is 8.87. The highest BCUT2D eigenvalue weighted by atomic mass is 16.5. The Balaban J connectivity index is 1.70. The molecule has 0 aromatic carbocycles. The van der Waals surface area contributed by atoms with Crippen molar-refractivity contribution in [1.29, 1.82) is 0 Å². The summed E-state index contributed by atoms with van der Waals surface area (Å²) in [5.74, 6) is -0.403. The number of piperidine rings is 1. The quantitative estimate of drug-likeness (QED) is 0.708. The highest BCUT2D eigenvalue weighted by Gasteiger charge is 2.42. The van der Waals surface area contributed by atoms with E-state index >= 15 is 0 Å². The van der Waals surface area contributed by atoms with Crippen molar-refractivity contribution in [2.24, 2.45) is 5.41 Å². The van der Waals surface area contributed by atoms with E-state index in [1.807, 2.05) is 26.0 Å². The fourth-order valence-electron chi connectivity index (χ4n) is 4.31. The zero-order valence-electron chi connectivity index (χ0n) is 18.8. The third-order valence-corrected chi connectivity index (χ3v) is 6.29. The minimum atomic E-state index is -0.622.